The molecule has 0 atom stereocenters. The predicted molar refractivity (Wildman–Crippen MR) is 96.1 cm³/mol. The Hall–Kier alpha value is -0.530. The van der Waals surface area contributed by atoms with E-state index in [4.69, 9.17) is 4.74 Å². The summed E-state index contributed by atoms with van der Waals surface area (Å²) in [6, 6.07) is 0. The molecule has 0 aromatic heterocycles. The zero-order valence-corrected chi connectivity index (χ0v) is 15.5. The molecular weight excluding hydrogens is 272 g/mol. The van der Waals surface area contributed by atoms with Crippen molar-refractivity contribution in [2.45, 2.75) is 111 Å². The van der Waals surface area contributed by atoms with Crippen molar-refractivity contribution in [3.8, 4) is 0 Å². The van der Waals surface area contributed by atoms with Gasteiger partial charge in [-0.05, 0) is 18.8 Å². The standard InChI is InChI=1S/C20H40O2/c1-4-5-6-15-18-22-20(21)17-14-12-10-8-7-9-11-13-16-19(2)3/h19H,4-18H2,1-3H3. The van der Waals surface area contributed by atoms with Crippen LogP contribution in [0.3, 0.4) is 0 Å². The highest BCUT2D eigenvalue weighted by Crippen LogP contribution is 2.13. The molecule has 0 saturated carbocycles. The van der Waals surface area contributed by atoms with E-state index in [2.05, 4.69) is 20.8 Å². The third-order valence-corrected chi connectivity index (χ3v) is 4.17. The summed E-state index contributed by atoms with van der Waals surface area (Å²) >= 11 is 0. The molecule has 0 amide bonds. The van der Waals surface area contributed by atoms with Crippen molar-refractivity contribution in [3.63, 3.8) is 0 Å². The van der Waals surface area contributed by atoms with Gasteiger partial charge in [-0.3, -0.25) is 4.79 Å². The van der Waals surface area contributed by atoms with Crippen molar-refractivity contribution in [2.75, 3.05) is 6.61 Å². The third kappa shape index (κ3) is 17.5. The Kier molecular flexibility index (Phi) is 16.4. The van der Waals surface area contributed by atoms with Gasteiger partial charge in [-0.1, -0.05) is 91.4 Å². The van der Waals surface area contributed by atoms with Gasteiger partial charge in [0.15, 0.2) is 0 Å². The Morgan fingerprint density at radius 1 is 0.773 bits per heavy atom. The Morgan fingerprint density at radius 2 is 1.32 bits per heavy atom. The van der Waals surface area contributed by atoms with Crippen LogP contribution in [0.2, 0.25) is 0 Å². The van der Waals surface area contributed by atoms with Crippen molar-refractivity contribution in [3.05, 3.63) is 0 Å². The maximum atomic E-state index is 11.5. The second kappa shape index (κ2) is 16.8. The number of carbonyl (C=O) groups excluding carboxylic acids is 1. The zero-order valence-electron chi connectivity index (χ0n) is 15.5. The minimum absolute atomic E-state index is 0.00480. The molecule has 0 rings (SSSR count). The van der Waals surface area contributed by atoms with E-state index in [0.29, 0.717) is 13.0 Å². The molecule has 0 N–H and O–H groups in total. The van der Waals surface area contributed by atoms with Crippen LogP contribution in [0.4, 0.5) is 0 Å². The van der Waals surface area contributed by atoms with Gasteiger partial charge in [-0.15, -0.1) is 0 Å². The van der Waals surface area contributed by atoms with Gasteiger partial charge in [0, 0.05) is 6.42 Å². The number of ether oxygens (including phenoxy) is 1. The van der Waals surface area contributed by atoms with Gasteiger partial charge >= 0.3 is 5.97 Å². The van der Waals surface area contributed by atoms with Crippen molar-refractivity contribution in [2.24, 2.45) is 5.92 Å². The molecule has 0 aliphatic rings. The first-order valence-electron chi connectivity index (χ1n) is 9.82. The Morgan fingerprint density at radius 3 is 1.91 bits per heavy atom. The van der Waals surface area contributed by atoms with Crippen LogP contribution in [0.25, 0.3) is 0 Å². The molecule has 22 heavy (non-hydrogen) atoms. The van der Waals surface area contributed by atoms with Crippen LogP contribution in [0, 0.1) is 5.92 Å². The summed E-state index contributed by atoms with van der Waals surface area (Å²) in [4.78, 5) is 11.5. The van der Waals surface area contributed by atoms with Crippen LogP contribution < -0.4 is 0 Å². The normalized spacial score (nSPS) is 11.1. The number of hydrogen-bond donors (Lipinski definition) is 0. The molecule has 0 radical (unpaired) electrons. The lowest BCUT2D eigenvalue weighted by molar-refractivity contribution is -0.143. The molecule has 0 aliphatic heterocycles. The lowest BCUT2D eigenvalue weighted by Crippen LogP contribution is -2.05. The highest BCUT2D eigenvalue weighted by Gasteiger charge is 2.02. The topological polar surface area (TPSA) is 26.3 Å². The van der Waals surface area contributed by atoms with E-state index in [0.717, 1.165) is 18.8 Å². The number of esters is 1. The third-order valence-electron chi connectivity index (χ3n) is 4.17. The summed E-state index contributed by atoms with van der Waals surface area (Å²) in [5, 5.41) is 0. The van der Waals surface area contributed by atoms with E-state index in [1.165, 1.54) is 70.6 Å². The Balaban J connectivity index is 3.13. The maximum absolute atomic E-state index is 11.5. The molecule has 0 spiro atoms. The fourth-order valence-corrected chi connectivity index (χ4v) is 2.67. The Bertz CT molecular complexity index is 236. The fraction of sp³-hybridized carbons (Fsp3) is 0.950. The van der Waals surface area contributed by atoms with Crippen molar-refractivity contribution >= 4 is 5.97 Å². The number of carbonyl (C=O) groups is 1. The first-order valence-corrected chi connectivity index (χ1v) is 9.82. The second-order valence-corrected chi connectivity index (χ2v) is 7.04. The Labute approximate surface area is 139 Å². The highest BCUT2D eigenvalue weighted by atomic mass is 16.5. The number of rotatable bonds is 16. The molecule has 0 bridgehead atoms. The summed E-state index contributed by atoms with van der Waals surface area (Å²) in [7, 11) is 0. The molecule has 0 aromatic carbocycles. The molecule has 0 fully saturated rings. The van der Waals surface area contributed by atoms with Crippen molar-refractivity contribution in [1.29, 1.82) is 0 Å². The summed E-state index contributed by atoms with van der Waals surface area (Å²) < 4.78 is 5.24. The number of unbranched alkanes of at least 4 members (excludes halogenated alkanes) is 10. The molecular formula is C20H40O2. The van der Waals surface area contributed by atoms with Gasteiger partial charge in [0.2, 0.25) is 0 Å². The summed E-state index contributed by atoms with van der Waals surface area (Å²) in [5.41, 5.74) is 0. The summed E-state index contributed by atoms with van der Waals surface area (Å²) in [5.74, 6) is 0.858. The van der Waals surface area contributed by atoms with Crippen LogP contribution in [0.1, 0.15) is 111 Å². The fourth-order valence-electron chi connectivity index (χ4n) is 2.67. The lowest BCUT2D eigenvalue weighted by atomic mass is 10.0. The molecule has 2 heteroatoms. The number of hydrogen-bond acceptors (Lipinski definition) is 2. The maximum Gasteiger partial charge on any atom is 0.305 e. The van der Waals surface area contributed by atoms with E-state index in [-0.39, 0.29) is 5.97 Å². The van der Waals surface area contributed by atoms with Gasteiger partial charge in [0.25, 0.3) is 0 Å². The second-order valence-electron chi connectivity index (χ2n) is 7.04. The predicted octanol–water partition coefficient (Wildman–Crippen LogP) is 6.67. The van der Waals surface area contributed by atoms with Gasteiger partial charge in [-0.2, -0.15) is 0 Å². The molecule has 132 valence electrons. The smallest absolute Gasteiger partial charge is 0.305 e. The van der Waals surface area contributed by atoms with Crippen LogP contribution in [-0.4, -0.2) is 12.6 Å². The van der Waals surface area contributed by atoms with E-state index < -0.39 is 0 Å². The van der Waals surface area contributed by atoms with Gasteiger partial charge in [-0.25, -0.2) is 0 Å². The van der Waals surface area contributed by atoms with Crippen LogP contribution >= 0.6 is 0 Å². The van der Waals surface area contributed by atoms with Gasteiger partial charge < -0.3 is 4.74 Å². The molecule has 0 aliphatic carbocycles. The molecule has 0 heterocycles. The zero-order chi connectivity index (χ0) is 16.5. The lowest BCUT2D eigenvalue weighted by Gasteiger charge is -2.05. The molecule has 0 aromatic rings. The van der Waals surface area contributed by atoms with E-state index in [9.17, 15) is 4.79 Å². The van der Waals surface area contributed by atoms with Crippen LogP contribution in [0.15, 0.2) is 0 Å². The SMILES string of the molecule is CCCCCCOC(=O)CCCCCCCCCCC(C)C. The molecule has 2 nitrogen and oxygen atoms in total. The van der Waals surface area contributed by atoms with Gasteiger partial charge in [0.05, 0.1) is 6.61 Å². The highest BCUT2D eigenvalue weighted by molar-refractivity contribution is 5.69. The first-order chi connectivity index (χ1) is 10.7. The monoisotopic (exact) mass is 312 g/mol. The molecule has 0 saturated heterocycles. The van der Waals surface area contributed by atoms with Gasteiger partial charge in [0.1, 0.15) is 0 Å². The average molecular weight is 313 g/mol. The largest absolute Gasteiger partial charge is 0.466 e. The van der Waals surface area contributed by atoms with Crippen LogP contribution in [0.5, 0.6) is 0 Å². The van der Waals surface area contributed by atoms with E-state index in [1.54, 1.807) is 0 Å². The molecule has 0 unspecified atom stereocenters. The van der Waals surface area contributed by atoms with E-state index in [1.807, 2.05) is 0 Å². The van der Waals surface area contributed by atoms with Crippen molar-refractivity contribution in [1.82, 2.24) is 0 Å². The minimum Gasteiger partial charge on any atom is -0.466 e. The minimum atomic E-state index is 0.00480. The first kappa shape index (κ1) is 21.5. The van der Waals surface area contributed by atoms with E-state index >= 15 is 0 Å². The van der Waals surface area contributed by atoms with Crippen molar-refractivity contribution < 1.29 is 9.53 Å². The average Bonchev–Trinajstić information content (AvgIpc) is 2.48. The summed E-state index contributed by atoms with van der Waals surface area (Å²) in [6.45, 7) is 7.42. The summed E-state index contributed by atoms with van der Waals surface area (Å²) in [6.07, 6.45) is 17.0. The quantitative estimate of drug-likeness (QED) is 0.235. The van der Waals surface area contributed by atoms with Crippen LogP contribution in [-0.2, 0) is 9.53 Å².